The first-order valence-electron chi connectivity index (χ1n) is 9.52. The molecule has 158 valence electrons. The lowest BCUT2D eigenvalue weighted by atomic mass is 10.1. The number of aromatic nitrogens is 1. The summed E-state index contributed by atoms with van der Waals surface area (Å²) < 4.78 is 31.8. The monoisotopic (exact) mass is 439 g/mol. The Morgan fingerprint density at radius 3 is 2.58 bits per heavy atom. The summed E-state index contributed by atoms with van der Waals surface area (Å²) >= 11 is 1.37. The standard InChI is InChI=1S/C23H19F2N3O2S/c1-27-22-20(14-28(23(27)29)13-16-8-11-18(24)19(25)12-16)26-21(31-22)5-3-4-15-6-9-17(30-2)10-7-15/h6-12H,4,13-14H2,1-2H3. The third-order valence-electron chi connectivity index (χ3n) is 4.88. The van der Waals surface area contributed by atoms with Gasteiger partial charge in [-0.3, -0.25) is 4.90 Å². The highest BCUT2D eigenvalue weighted by atomic mass is 32.1. The van der Waals surface area contributed by atoms with Crippen LogP contribution in [0, 0.1) is 23.5 Å². The molecular weight excluding hydrogens is 420 g/mol. The Labute approximate surface area is 182 Å². The number of methoxy groups -OCH3 is 1. The van der Waals surface area contributed by atoms with Crippen molar-refractivity contribution in [3.05, 3.63) is 75.9 Å². The summed E-state index contributed by atoms with van der Waals surface area (Å²) in [7, 11) is 3.30. The molecule has 0 N–H and O–H groups in total. The van der Waals surface area contributed by atoms with Crippen LogP contribution in [0.3, 0.4) is 0 Å². The summed E-state index contributed by atoms with van der Waals surface area (Å²) in [6.07, 6.45) is 0.575. The molecule has 2 heterocycles. The Kier molecular flexibility index (Phi) is 5.87. The summed E-state index contributed by atoms with van der Waals surface area (Å²) in [5.74, 6) is 5.14. The molecular formula is C23H19F2N3O2S. The van der Waals surface area contributed by atoms with Crippen molar-refractivity contribution in [2.24, 2.45) is 0 Å². The maximum Gasteiger partial charge on any atom is 0.325 e. The molecule has 31 heavy (non-hydrogen) atoms. The number of benzene rings is 2. The van der Waals surface area contributed by atoms with Gasteiger partial charge in [0.05, 0.1) is 19.3 Å². The molecule has 3 aromatic rings. The summed E-state index contributed by atoms with van der Waals surface area (Å²) in [4.78, 5) is 20.4. The number of urea groups is 1. The molecule has 5 nitrogen and oxygen atoms in total. The molecule has 0 aliphatic carbocycles. The number of amides is 2. The largest absolute Gasteiger partial charge is 0.497 e. The van der Waals surface area contributed by atoms with E-state index in [1.807, 2.05) is 24.3 Å². The molecule has 2 aromatic carbocycles. The second-order valence-corrected chi connectivity index (χ2v) is 8.02. The van der Waals surface area contributed by atoms with E-state index in [4.69, 9.17) is 4.74 Å². The Morgan fingerprint density at radius 2 is 1.87 bits per heavy atom. The predicted molar refractivity (Wildman–Crippen MR) is 115 cm³/mol. The predicted octanol–water partition coefficient (Wildman–Crippen LogP) is 4.60. The number of hydrogen-bond donors (Lipinski definition) is 0. The van der Waals surface area contributed by atoms with E-state index >= 15 is 0 Å². The number of carbonyl (C=O) groups excluding carboxylic acids is 1. The van der Waals surface area contributed by atoms with Crippen molar-refractivity contribution in [2.45, 2.75) is 19.5 Å². The Morgan fingerprint density at radius 1 is 1.13 bits per heavy atom. The van der Waals surface area contributed by atoms with E-state index in [1.54, 1.807) is 19.1 Å². The number of carbonyl (C=O) groups is 1. The van der Waals surface area contributed by atoms with Crippen molar-refractivity contribution < 1.29 is 18.3 Å². The Hall–Kier alpha value is -3.44. The molecule has 0 unspecified atom stereocenters. The van der Waals surface area contributed by atoms with Crippen LogP contribution in [0.15, 0.2) is 42.5 Å². The van der Waals surface area contributed by atoms with Crippen molar-refractivity contribution in [3.8, 4) is 17.6 Å². The van der Waals surface area contributed by atoms with E-state index in [1.165, 1.54) is 22.3 Å². The van der Waals surface area contributed by atoms with Gasteiger partial charge >= 0.3 is 6.03 Å². The SMILES string of the molecule is COc1ccc(CC#Cc2nc3c(s2)N(C)C(=O)N(Cc2ccc(F)c(F)c2)C3)cc1. The van der Waals surface area contributed by atoms with E-state index < -0.39 is 11.6 Å². The number of rotatable bonds is 4. The minimum atomic E-state index is -0.931. The Bertz CT molecular complexity index is 1180. The van der Waals surface area contributed by atoms with Gasteiger partial charge in [-0.25, -0.2) is 18.6 Å². The quantitative estimate of drug-likeness (QED) is 0.559. The van der Waals surface area contributed by atoms with Gasteiger partial charge < -0.3 is 9.64 Å². The van der Waals surface area contributed by atoms with E-state index in [0.29, 0.717) is 17.0 Å². The van der Waals surface area contributed by atoms with Crippen LogP contribution in [-0.2, 0) is 19.5 Å². The van der Waals surface area contributed by atoms with Gasteiger partial charge in [0.25, 0.3) is 0 Å². The molecule has 0 spiro atoms. The van der Waals surface area contributed by atoms with Crippen LogP contribution in [-0.4, -0.2) is 30.1 Å². The van der Waals surface area contributed by atoms with E-state index in [2.05, 4.69) is 16.8 Å². The van der Waals surface area contributed by atoms with Gasteiger partial charge in [-0.15, -0.1) is 0 Å². The zero-order valence-electron chi connectivity index (χ0n) is 17.0. The molecule has 1 aliphatic heterocycles. The number of anilines is 1. The number of halogens is 2. The van der Waals surface area contributed by atoms with Gasteiger partial charge in [0.15, 0.2) is 16.6 Å². The average Bonchev–Trinajstić information content (AvgIpc) is 3.18. The molecule has 0 saturated heterocycles. The van der Waals surface area contributed by atoms with Crippen molar-refractivity contribution in [3.63, 3.8) is 0 Å². The number of thiazole rings is 1. The van der Waals surface area contributed by atoms with Gasteiger partial charge in [0.2, 0.25) is 0 Å². The van der Waals surface area contributed by atoms with Gasteiger partial charge in [0.1, 0.15) is 10.8 Å². The first-order chi connectivity index (χ1) is 14.9. The summed E-state index contributed by atoms with van der Waals surface area (Å²) in [5.41, 5.74) is 2.32. The smallest absolute Gasteiger partial charge is 0.325 e. The molecule has 4 rings (SSSR count). The second kappa shape index (κ2) is 8.74. The second-order valence-electron chi connectivity index (χ2n) is 7.04. The van der Waals surface area contributed by atoms with Crippen LogP contribution in [0.2, 0.25) is 0 Å². The van der Waals surface area contributed by atoms with Gasteiger partial charge in [0, 0.05) is 20.0 Å². The number of ether oxygens (including phenoxy) is 1. The molecule has 0 radical (unpaired) electrons. The maximum absolute atomic E-state index is 13.5. The molecule has 2 amide bonds. The highest BCUT2D eigenvalue weighted by Crippen LogP contribution is 2.33. The lowest BCUT2D eigenvalue weighted by Crippen LogP contribution is -2.44. The highest BCUT2D eigenvalue weighted by molar-refractivity contribution is 7.16. The lowest BCUT2D eigenvalue weighted by Gasteiger charge is -2.32. The summed E-state index contributed by atoms with van der Waals surface area (Å²) in [5, 5.41) is 1.38. The molecule has 8 heteroatoms. The lowest BCUT2D eigenvalue weighted by molar-refractivity contribution is 0.196. The third kappa shape index (κ3) is 4.52. The van der Waals surface area contributed by atoms with Crippen molar-refractivity contribution in [1.82, 2.24) is 9.88 Å². The topological polar surface area (TPSA) is 45.7 Å². The maximum atomic E-state index is 13.5. The minimum absolute atomic E-state index is 0.163. The van der Waals surface area contributed by atoms with Crippen LogP contribution >= 0.6 is 11.3 Å². The number of fused-ring (bicyclic) bond motifs is 1. The fourth-order valence-corrected chi connectivity index (χ4v) is 4.16. The molecule has 1 aliphatic rings. The highest BCUT2D eigenvalue weighted by Gasteiger charge is 2.31. The van der Waals surface area contributed by atoms with Crippen LogP contribution in [0.25, 0.3) is 0 Å². The molecule has 0 saturated carbocycles. The van der Waals surface area contributed by atoms with Crippen molar-refractivity contribution in [2.75, 3.05) is 19.1 Å². The van der Waals surface area contributed by atoms with E-state index in [9.17, 15) is 13.6 Å². The fraction of sp³-hybridized carbons (Fsp3) is 0.217. The average molecular weight is 439 g/mol. The van der Waals surface area contributed by atoms with Crippen LogP contribution in [0.5, 0.6) is 5.75 Å². The van der Waals surface area contributed by atoms with Crippen molar-refractivity contribution in [1.29, 1.82) is 0 Å². The van der Waals surface area contributed by atoms with E-state index in [-0.39, 0.29) is 19.1 Å². The van der Waals surface area contributed by atoms with Gasteiger partial charge in [-0.2, -0.15) is 0 Å². The molecule has 0 atom stereocenters. The first-order valence-corrected chi connectivity index (χ1v) is 10.3. The minimum Gasteiger partial charge on any atom is -0.497 e. The van der Waals surface area contributed by atoms with Crippen LogP contribution in [0.1, 0.15) is 21.8 Å². The normalized spacial score (nSPS) is 13.0. The number of hydrogen-bond acceptors (Lipinski definition) is 4. The van der Waals surface area contributed by atoms with Gasteiger partial charge in [-0.05, 0) is 41.3 Å². The van der Waals surface area contributed by atoms with Crippen LogP contribution < -0.4 is 9.64 Å². The van der Waals surface area contributed by atoms with Crippen molar-refractivity contribution >= 4 is 22.4 Å². The fourth-order valence-electron chi connectivity index (χ4n) is 3.26. The zero-order valence-corrected chi connectivity index (χ0v) is 17.8. The summed E-state index contributed by atoms with van der Waals surface area (Å²) in [6.45, 7) is 0.448. The van der Waals surface area contributed by atoms with E-state index in [0.717, 1.165) is 34.1 Å². The Balaban J connectivity index is 1.48. The molecule has 0 bridgehead atoms. The molecule has 1 aromatic heterocycles. The number of nitrogens with zero attached hydrogens (tertiary/aromatic N) is 3. The third-order valence-corrected chi connectivity index (χ3v) is 5.97. The van der Waals surface area contributed by atoms with Crippen LogP contribution in [0.4, 0.5) is 18.6 Å². The first kappa shape index (κ1) is 20.8. The zero-order chi connectivity index (χ0) is 22.0. The molecule has 0 fully saturated rings. The summed E-state index contributed by atoms with van der Waals surface area (Å²) in [6, 6.07) is 11.1. The van der Waals surface area contributed by atoms with Gasteiger partial charge in [-0.1, -0.05) is 35.5 Å².